The second-order valence-electron chi connectivity index (χ2n) is 5.32. The van der Waals surface area contributed by atoms with Gasteiger partial charge < -0.3 is 9.52 Å². The Morgan fingerprint density at radius 2 is 2.14 bits per heavy atom. The van der Waals surface area contributed by atoms with E-state index in [4.69, 9.17) is 21.1 Å². The molecule has 0 unspecified atom stereocenters. The van der Waals surface area contributed by atoms with Gasteiger partial charge in [-0.15, -0.1) is 0 Å². The van der Waals surface area contributed by atoms with Crippen LogP contribution in [0.15, 0.2) is 28.7 Å². The van der Waals surface area contributed by atoms with Crippen molar-refractivity contribution in [1.82, 2.24) is 9.88 Å². The molecule has 0 aliphatic rings. The lowest BCUT2D eigenvalue weighted by molar-refractivity contribution is 0.157. The van der Waals surface area contributed by atoms with Crippen LogP contribution in [0.5, 0.6) is 0 Å². The first-order valence-corrected chi connectivity index (χ1v) is 7.46. The van der Waals surface area contributed by atoms with Crippen LogP contribution in [0.1, 0.15) is 25.3 Å². The molecule has 114 valence electrons. The van der Waals surface area contributed by atoms with Crippen molar-refractivity contribution in [1.29, 1.82) is 0 Å². The van der Waals surface area contributed by atoms with E-state index in [-0.39, 0.29) is 6.61 Å². The topological polar surface area (TPSA) is 49.5 Å². The van der Waals surface area contributed by atoms with E-state index in [0.717, 1.165) is 17.0 Å². The Bertz CT molecular complexity index is 596. The predicted octanol–water partition coefficient (Wildman–Crippen LogP) is 3.51. The highest BCUT2D eigenvalue weighted by Crippen LogP contribution is 2.25. The summed E-state index contributed by atoms with van der Waals surface area (Å²) in [5.74, 6) is 1.38. The number of aliphatic hydroxyl groups excluding tert-OH is 1. The van der Waals surface area contributed by atoms with Gasteiger partial charge in [-0.25, -0.2) is 4.98 Å². The molecule has 0 saturated heterocycles. The zero-order valence-corrected chi connectivity index (χ0v) is 13.4. The van der Waals surface area contributed by atoms with Crippen LogP contribution in [0.3, 0.4) is 0 Å². The van der Waals surface area contributed by atoms with Crippen LogP contribution in [0.4, 0.5) is 0 Å². The fourth-order valence-electron chi connectivity index (χ4n) is 2.16. The number of aliphatic hydroxyl groups is 1. The first kappa shape index (κ1) is 16.0. The summed E-state index contributed by atoms with van der Waals surface area (Å²) in [6.07, 6.45) is 0. The largest absolute Gasteiger partial charge is 0.441 e. The first-order chi connectivity index (χ1) is 10.0. The zero-order valence-electron chi connectivity index (χ0n) is 12.6. The van der Waals surface area contributed by atoms with E-state index in [1.807, 2.05) is 31.2 Å². The summed E-state index contributed by atoms with van der Waals surface area (Å²) in [5.41, 5.74) is 1.77. The summed E-state index contributed by atoms with van der Waals surface area (Å²) in [6.45, 7) is 7.53. The molecule has 0 aliphatic heterocycles. The smallest absolute Gasteiger partial charge is 0.226 e. The van der Waals surface area contributed by atoms with E-state index in [1.165, 1.54) is 0 Å². The number of hydrogen-bond acceptors (Lipinski definition) is 4. The Hall–Kier alpha value is -1.36. The lowest BCUT2D eigenvalue weighted by Crippen LogP contribution is -2.33. The standard InChI is InChI=1S/C16H21ClN2O2/c1-11(2)19(7-8-20)10-15-12(3)21-16(18-15)13-5-4-6-14(17)9-13/h4-6,9,11,20H,7-8,10H2,1-3H3. The van der Waals surface area contributed by atoms with Gasteiger partial charge in [-0.1, -0.05) is 17.7 Å². The minimum atomic E-state index is 0.135. The summed E-state index contributed by atoms with van der Waals surface area (Å²) in [5, 5.41) is 9.81. The number of aromatic nitrogens is 1. The quantitative estimate of drug-likeness (QED) is 0.887. The second-order valence-corrected chi connectivity index (χ2v) is 5.76. The fourth-order valence-corrected chi connectivity index (χ4v) is 2.35. The van der Waals surface area contributed by atoms with Gasteiger partial charge in [0.2, 0.25) is 5.89 Å². The first-order valence-electron chi connectivity index (χ1n) is 7.08. The SMILES string of the molecule is Cc1oc(-c2cccc(Cl)c2)nc1CN(CCO)C(C)C. The summed E-state index contributed by atoms with van der Waals surface area (Å²) in [4.78, 5) is 6.74. The van der Waals surface area contributed by atoms with Gasteiger partial charge >= 0.3 is 0 Å². The molecule has 0 bridgehead atoms. The Kier molecular flexibility index (Phi) is 5.39. The fraction of sp³-hybridized carbons (Fsp3) is 0.438. The van der Waals surface area contributed by atoms with Crippen molar-refractivity contribution in [3.8, 4) is 11.5 Å². The summed E-state index contributed by atoms with van der Waals surface area (Å²) < 4.78 is 5.76. The molecule has 0 fully saturated rings. The molecule has 2 rings (SSSR count). The van der Waals surface area contributed by atoms with Crippen molar-refractivity contribution < 1.29 is 9.52 Å². The molecule has 1 aromatic carbocycles. The van der Waals surface area contributed by atoms with Gasteiger partial charge in [-0.05, 0) is 39.0 Å². The molecular formula is C16H21ClN2O2. The van der Waals surface area contributed by atoms with E-state index in [9.17, 15) is 0 Å². The molecule has 0 radical (unpaired) electrons. The lowest BCUT2D eigenvalue weighted by atomic mass is 10.2. The third kappa shape index (κ3) is 4.06. The summed E-state index contributed by atoms with van der Waals surface area (Å²) >= 11 is 6.00. The van der Waals surface area contributed by atoms with E-state index >= 15 is 0 Å². The minimum Gasteiger partial charge on any atom is -0.441 e. The normalized spacial score (nSPS) is 11.6. The van der Waals surface area contributed by atoms with Crippen molar-refractivity contribution in [3.05, 3.63) is 40.7 Å². The van der Waals surface area contributed by atoms with Gasteiger partial charge in [0, 0.05) is 29.7 Å². The molecule has 1 aromatic heterocycles. The monoisotopic (exact) mass is 308 g/mol. The van der Waals surface area contributed by atoms with Crippen LogP contribution < -0.4 is 0 Å². The molecule has 0 aliphatic carbocycles. The van der Waals surface area contributed by atoms with Crippen molar-refractivity contribution in [3.63, 3.8) is 0 Å². The molecule has 21 heavy (non-hydrogen) atoms. The molecule has 5 heteroatoms. The summed E-state index contributed by atoms with van der Waals surface area (Å²) in [7, 11) is 0. The average molecular weight is 309 g/mol. The molecule has 0 atom stereocenters. The van der Waals surface area contributed by atoms with Crippen molar-refractivity contribution in [2.75, 3.05) is 13.2 Å². The van der Waals surface area contributed by atoms with E-state index in [0.29, 0.717) is 30.0 Å². The number of hydrogen-bond donors (Lipinski definition) is 1. The van der Waals surface area contributed by atoms with Gasteiger partial charge in [0.15, 0.2) is 0 Å². The molecule has 2 aromatic rings. The van der Waals surface area contributed by atoms with Gasteiger partial charge in [0.1, 0.15) is 5.76 Å². The van der Waals surface area contributed by atoms with Crippen molar-refractivity contribution >= 4 is 11.6 Å². The van der Waals surface area contributed by atoms with E-state index in [2.05, 4.69) is 23.7 Å². The summed E-state index contributed by atoms with van der Waals surface area (Å²) in [6, 6.07) is 7.80. The number of halogens is 1. The van der Waals surface area contributed by atoms with Gasteiger partial charge in [-0.3, -0.25) is 4.90 Å². The molecule has 0 amide bonds. The van der Waals surface area contributed by atoms with Crippen LogP contribution in [-0.2, 0) is 6.54 Å². The van der Waals surface area contributed by atoms with E-state index in [1.54, 1.807) is 0 Å². The average Bonchev–Trinajstić information content (AvgIpc) is 2.79. The second kappa shape index (κ2) is 7.07. The molecule has 0 spiro atoms. The number of rotatable bonds is 6. The maximum atomic E-state index is 9.15. The number of oxazole rings is 1. The highest BCUT2D eigenvalue weighted by molar-refractivity contribution is 6.30. The maximum absolute atomic E-state index is 9.15. The number of aryl methyl sites for hydroxylation is 1. The molecule has 1 heterocycles. The molecular weight excluding hydrogens is 288 g/mol. The van der Waals surface area contributed by atoms with Crippen LogP contribution in [0.25, 0.3) is 11.5 Å². The zero-order chi connectivity index (χ0) is 15.4. The molecule has 1 N–H and O–H groups in total. The molecule has 4 nitrogen and oxygen atoms in total. The van der Waals surface area contributed by atoms with Crippen molar-refractivity contribution in [2.45, 2.75) is 33.4 Å². The number of benzene rings is 1. The third-order valence-electron chi connectivity index (χ3n) is 3.43. The van der Waals surface area contributed by atoms with E-state index < -0.39 is 0 Å². The third-order valence-corrected chi connectivity index (χ3v) is 3.67. The van der Waals surface area contributed by atoms with Crippen LogP contribution in [0, 0.1) is 6.92 Å². The Labute approximate surface area is 130 Å². The molecule has 0 saturated carbocycles. The van der Waals surface area contributed by atoms with Gasteiger partial charge in [0.25, 0.3) is 0 Å². The van der Waals surface area contributed by atoms with Gasteiger partial charge in [0.05, 0.1) is 12.3 Å². The Morgan fingerprint density at radius 3 is 2.76 bits per heavy atom. The highest BCUT2D eigenvalue weighted by atomic mass is 35.5. The predicted molar refractivity (Wildman–Crippen MR) is 84.3 cm³/mol. The van der Waals surface area contributed by atoms with Crippen molar-refractivity contribution in [2.24, 2.45) is 0 Å². The Morgan fingerprint density at radius 1 is 1.38 bits per heavy atom. The highest BCUT2D eigenvalue weighted by Gasteiger charge is 2.16. The maximum Gasteiger partial charge on any atom is 0.226 e. The lowest BCUT2D eigenvalue weighted by Gasteiger charge is -2.24. The van der Waals surface area contributed by atoms with Crippen LogP contribution in [-0.4, -0.2) is 34.2 Å². The van der Waals surface area contributed by atoms with Crippen LogP contribution >= 0.6 is 11.6 Å². The van der Waals surface area contributed by atoms with Gasteiger partial charge in [-0.2, -0.15) is 0 Å². The minimum absolute atomic E-state index is 0.135. The number of nitrogens with zero attached hydrogens (tertiary/aromatic N) is 2. The Balaban J connectivity index is 2.23. The van der Waals surface area contributed by atoms with Crippen LogP contribution in [0.2, 0.25) is 5.02 Å².